The monoisotopic (exact) mass is 186 g/mol. The summed E-state index contributed by atoms with van der Waals surface area (Å²) >= 11 is 0. The van der Waals surface area contributed by atoms with E-state index in [1.807, 2.05) is 4.90 Å². The summed E-state index contributed by atoms with van der Waals surface area (Å²) in [6, 6.07) is 0. The summed E-state index contributed by atoms with van der Waals surface area (Å²) in [6.45, 7) is 2.54. The van der Waals surface area contributed by atoms with Gasteiger partial charge in [-0.25, -0.2) is 0 Å². The summed E-state index contributed by atoms with van der Waals surface area (Å²) in [5.41, 5.74) is 5.30. The first kappa shape index (κ1) is 10.5. The van der Waals surface area contributed by atoms with E-state index in [1.54, 1.807) is 7.11 Å². The van der Waals surface area contributed by atoms with Gasteiger partial charge in [0.05, 0.1) is 13.2 Å². The minimum atomic E-state index is 0.0563. The number of carbonyl (C=O) groups excluding carboxylic acids is 1. The van der Waals surface area contributed by atoms with E-state index in [4.69, 9.17) is 10.5 Å². The molecule has 1 saturated heterocycles. The van der Waals surface area contributed by atoms with Crippen LogP contribution in [0.4, 0.5) is 0 Å². The van der Waals surface area contributed by atoms with E-state index in [1.165, 1.54) is 0 Å². The average Bonchev–Trinajstić information content (AvgIpc) is 2.18. The Bertz CT molecular complexity index is 171. The third-order valence-electron chi connectivity index (χ3n) is 2.45. The molecule has 0 saturated carbocycles. The maximum Gasteiger partial charge on any atom is 0.236 e. The van der Waals surface area contributed by atoms with Crippen LogP contribution in [0.3, 0.4) is 0 Å². The number of carbonyl (C=O) groups is 1. The van der Waals surface area contributed by atoms with E-state index >= 15 is 0 Å². The number of hydrogen-bond acceptors (Lipinski definition) is 3. The fourth-order valence-electron chi connectivity index (χ4n) is 1.79. The second-order valence-corrected chi connectivity index (χ2v) is 3.51. The Morgan fingerprint density at radius 3 is 3.08 bits per heavy atom. The van der Waals surface area contributed by atoms with Crippen LogP contribution < -0.4 is 5.73 Å². The maximum atomic E-state index is 11.3. The quantitative estimate of drug-likeness (QED) is 0.666. The minimum Gasteiger partial charge on any atom is -0.384 e. The number of nitrogens with zero attached hydrogens (tertiary/aromatic N) is 1. The van der Waals surface area contributed by atoms with Gasteiger partial charge >= 0.3 is 0 Å². The number of amides is 1. The molecule has 0 spiro atoms. The number of rotatable bonds is 3. The average molecular weight is 186 g/mol. The van der Waals surface area contributed by atoms with Crippen molar-refractivity contribution in [3.63, 3.8) is 0 Å². The molecule has 1 fully saturated rings. The predicted octanol–water partition coefficient (Wildman–Crippen LogP) is -0.170. The van der Waals surface area contributed by atoms with E-state index < -0.39 is 0 Å². The summed E-state index contributed by atoms with van der Waals surface area (Å²) in [5.74, 6) is 0.551. The molecule has 13 heavy (non-hydrogen) atoms. The van der Waals surface area contributed by atoms with Crippen LogP contribution in [0.25, 0.3) is 0 Å². The van der Waals surface area contributed by atoms with Gasteiger partial charge in [-0.15, -0.1) is 0 Å². The van der Waals surface area contributed by atoms with Crippen LogP contribution in [-0.4, -0.2) is 44.2 Å². The van der Waals surface area contributed by atoms with Gasteiger partial charge < -0.3 is 15.4 Å². The van der Waals surface area contributed by atoms with Crippen LogP contribution in [-0.2, 0) is 9.53 Å². The molecule has 1 rings (SSSR count). The molecule has 1 unspecified atom stereocenters. The van der Waals surface area contributed by atoms with Crippen LogP contribution in [0, 0.1) is 5.92 Å². The highest BCUT2D eigenvalue weighted by atomic mass is 16.5. The fraction of sp³-hybridized carbons (Fsp3) is 0.889. The van der Waals surface area contributed by atoms with Crippen molar-refractivity contribution < 1.29 is 9.53 Å². The fourth-order valence-corrected chi connectivity index (χ4v) is 1.79. The van der Waals surface area contributed by atoms with Crippen molar-refractivity contribution in [1.82, 2.24) is 4.90 Å². The zero-order valence-corrected chi connectivity index (χ0v) is 8.16. The number of methoxy groups -OCH3 is 1. The normalized spacial score (nSPS) is 23.2. The lowest BCUT2D eigenvalue weighted by atomic mass is 9.99. The molecule has 1 amide bonds. The first-order valence-electron chi connectivity index (χ1n) is 4.74. The van der Waals surface area contributed by atoms with Crippen LogP contribution in [0.5, 0.6) is 0 Å². The number of nitrogens with two attached hydrogens (primary N) is 1. The van der Waals surface area contributed by atoms with Crippen LogP contribution >= 0.6 is 0 Å². The van der Waals surface area contributed by atoms with Crippen molar-refractivity contribution >= 4 is 5.91 Å². The van der Waals surface area contributed by atoms with Crippen LogP contribution in [0.2, 0.25) is 0 Å². The van der Waals surface area contributed by atoms with Gasteiger partial charge in [-0.05, 0) is 18.8 Å². The Hall–Kier alpha value is -0.610. The number of piperidine rings is 1. The van der Waals surface area contributed by atoms with Gasteiger partial charge in [-0.3, -0.25) is 4.79 Å². The zero-order chi connectivity index (χ0) is 9.68. The van der Waals surface area contributed by atoms with Crippen molar-refractivity contribution in [2.45, 2.75) is 12.8 Å². The van der Waals surface area contributed by atoms with E-state index in [9.17, 15) is 4.79 Å². The second-order valence-electron chi connectivity index (χ2n) is 3.51. The van der Waals surface area contributed by atoms with Gasteiger partial charge in [-0.1, -0.05) is 0 Å². The molecule has 0 radical (unpaired) electrons. The molecular weight excluding hydrogens is 168 g/mol. The molecule has 0 bridgehead atoms. The van der Waals surface area contributed by atoms with Crippen molar-refractivity contribution in [1.29, 1.82) is 0 Å². The van der Waals surface area contributed by atoms with Crippen molar-refractivity contribution in [2.75, 3.05) is 33.4 Å². The van der Waals surface area contributed by atoms with E-state index in [2.05, 4.69) is 0 Å². The minimum absolute atomic E-state index is 0.0563. The predicted molar refractivity (Wildman–Crippen MR) is 50.2 cm³/mol. The molecule has 0 aliphatic carbocycles. The lowest BCUT2D eigenvalue weighted by molar-refractivity contribution is -0.131. The summed E-state index contributed by atoms with van der Waals surface area (Å²) in [7, 11) is 1.70. The Morgan fingerprint density at radius 2 is 2.46 bits per heavy atom. The van der Waals surface area contributed by atoms with Gasteiger partial charge in [0.2, 0.25) is 5.91 Å². The van der Waals surface area contributed by atoms with Gasteiger partial charge in [0.15, 0.2) is 0 Å². The van der Waals surface area contributed by atoms with Crippen LogP contribution in [0.15, 0.2) is 0 Å². The molecule has 1 aliphatic rings. The lowest BCUT2D eigenvalue weighted by Crippen LogP contribution is -2.43. The molecule has 1 aliphatic heterocycles. The van der Waals surface area contributed by atoms with E-state index in [-0.39, 0.29) is 12.5 Å². The molecule has 4 heteroatoms. The number of ether oxygens (including phenoxy) is 1. The highest BCUT2D eigenvalue weighted by Gasteiger charge is 2.22. The first-order chi connectivity index (χ1) is 6.27. The van der Waals surface area contributed by atoms with Gasteiger partial charge in [0, 0.05) is 20.2 Å². The van der Waals surface area contributed by atoms with Gasteiger partial charge in [0.1, 0.15) is 0 Å². The summed E-state index contributed by atoms with van der Waals surface area (Å²) in [6.07, 6.45) is 2.22. The third-order valence-corrected chi connectivity index (χ3v) is 2.45. The molecule has 76 valence electrons. The topological polar surface area (TPSA) is 55.6 Å². The highest BCUT2D eigenvalue weighted by molar-refractivity contribution is 5.78. The number of likely N-dealkylation sites (tertiary alicyclic amines) is 1. The maximum absolute atomic E-state index is 11.3. The smallest absolute Gasteiger partial charge is 0.236 e. The Morgan fingerprint density at radius 1 is 1.69 bits per heavy atom. The summed E-state index contributed by atoms with van der Waals surface area (Å²) in [4.78, 5) is 13.1. The molecule has 0 aromatic rings. The first-order valence-corrected chi connectivity index (χ1v) is 4.74. The molecule has 2 N–H and O–H groups in total. The molecule has 1 atom stereocenters. The van der Waals surface area contributed by atoms with Gasteiger partial charge in [-0.2, -0.15) is 0 Å². The van der Waals surface area contributed by atoms with Gasteiger partial charge in [0.25, 0.3) is 0 Å². The van der Waals surface area contributed by atoms with E-state index in [0.717, 1.165) is 32.5 Å². The molecule has 0 aromatic heterocycles. The third kappa shape index (κ3) is 2.97. The van der Waals surface area contributed by atoms with Crippen molar-refractivity contribution in [3.05, 3.63) is 0 Å². The highest BCUT2D eigenvalue weighted by Crippen LogP contribution is 2.16. The standard InChI is InChI=1S/C9H18N2O2/c1-13-7-8-3-2-4-11(6-8)9(12)5-10/h8H,2-7,10H2,1H3. The van der Waals surface area contributed by atoms with E-state index in [0.29, 0.717) is 5.92 Å². The Labute approximate surface area is 79.0 Å². The molecule has 0 aromatic carbocycles. The lowest BCUT2D eigenvalue weighted by Gasteiger charge is -2.32. The largest absolute Gasteiger partial charge is 0.384 e. The van der Waals surface area contributed by atoms with Crippen molar-refractivity contribution in [3.8, 4) is 0 Å². The number of hydrogen-bond donors (Lipinski definition) is 1. The molecular formula is C9H18N2O2. The summed E-state index contributed by atoms with van der Waals surface area (Å²) in [5, 5.41) is 0. The molecule has 4 nitrogen and oxygen atoms in total. The Kier molecular flexibility index (Phi) is 4.18. The van der Waals surface area contributed by atoms with Crippen LogP contribution in [0.1, 0.15) is 12.8 Å². The molecule has 1 heterocycles. The summed E-state index contributed by atoms with van der Waals surface area (Å²) < 4.78 is 5.07. The second kappa shape index (κ2) is 5.19. The SMILES string of the molecule is COCC1CCCN(C(=O)CN)C1. The van der Waals surface area contributed by atoms with Crippen molar-refractivity contribution in [2.24, 2.45) is 11.7 Å². The zero-order valence-electron chi connectivity index (χ0n) is 8.16. The Balaban J connectivity index is 2.37.